The Hall–Kier alpha value is -12.9. The Kier molecular flexibility index (Phi) is 15.1. The lowest BCUT2D eigenvalue weighted by molar-refractivity contribution is 0.584. The largest absolute Gasteiger partial charge is 0.416 e. The van der Waals surface area contributed by atoms with Crippen LogP contribution in [-0.4, -0.2) is 30.4 Å². The van der Waals surface area contributed by atoms with E-state index in [1.807, 2.05) is 97.1 Å². The second-order valence-corrected chi connectivity index (χ2v) is 22.7. The molecule has 0 saturated carbocycles. The molecule has 0 fully saturated rings. The molecule has 0 radical (unpaired) electrons. The molecule has 0 aliphatic carbocycles. The minimum absolute atomic E-state index is 0.446. The molecule has 444 valence electrons. The van der Waals surface area contributed by atoms with E-state index in [4.69, 9.17) is 18.8 Å². The first-order valence-corrected chi connectivity index (χ1v) is 31.2. The normalized spacial score (nSPS) is 11.2. The van der Waals surface area contributed by atoms with Crippen molar-refractivity contribution in [3.8, 4) is 113 Å². The lowest BCUT2D eigenvalue weighted by atomic mass is 9.89. The fraction of sp³-hybridized carbons (Fsp3) is 0. The zero-order chi connectivity index (χ0) is 62.6. The van der Waals surface area contributed by atoms with Crippen LogP contribution in [0.15, 0.2) is 349 Å². The number of hydrogen-bond donors (Lipinski definition) is 0. The fourth-order valence-corrected chi connectivity index (χ4v) is 12.3. The summed E-state index contributed by atoms with van der Waals surface area (Å²) in [6.07, 6.45) is 0. The van der Waals surface area contributed by atoms with Crippen LogP contribution in [-0.2, 0) is 0 Å². The molecular formula is C84H56N8O2. The number of anilines is 6. The van der Waals surface area contributed by atoms with Crippen LogP contribution in [0.4, 0.5) is 34.1 Å². The second kappa shape index (κ2) is 25.2. The molecule has 10 heteroatoms. The van der Waals surface area contributed by atoms with Gasteiger partial charge in [0, 0.05) is 78.6 Å². The van der Waals surface area contributed by atoms with Crippen molar-refractivity contribution < 1.29 is 8.83 Å². The van der Waals surface area contributed by atoms with Gasteiger partial charge in [0.2, 0.25) is 23.6 Å². The van der Waals surface area contributed by atoms with Crippen LogP contribution >= 0.6 is 0 Å². The highest BCUT2D eigenvalue weighted by molar-refractivity contribution is 6.07. The summed E-state index contributed by atoms with van der Waals surface area (Å²) in [5.74, 6) is 1.83. The topological polar surface area (TPSA) is 110 Å². The van der Waals surface area contributed by atoms with Crippen molar-refractivity contribution in [3.05, 3.63) is 340 Å². The van der Waals surface area contributed by atoms with Crippen LogP contribution < -0.4 is 9.80 Å². The van der Waals surface area contributed by atoms with Crippen molar-refractivity contribution in [2.45, 2.75) is 0 Å². The quantitative estimate of drug-likeness (QED) is 0.0927. The van der Waals surface area contributed by atoms with Crippen LogP contribution in [0, 0.1) is 0 Å². The van der Waals surface area contributed by atoms with E-state index < -0.39 is 0 Å². The Morgan fingerprint density at radius 1 is 0.181 bits per heavy atom. The monoisotopic (exact) mass is 1210 g/mol. The highest BCUT2D eigenvalue weighted by atomic mass is 16.4. The predicted molar refractivity (Wildman–Crippen MR) is 379 cm³/mol. The summed E-state index contributed by atoms with van der Waals surface area (Å²) in [7, 11) is 0. The summed E-state index contributed by atoms with van der Waals surface area (Å²) in [6, 6.07) is 117. The molecule has 3 aromatic heterocycles. The Balaban J connectivity index is 0.850. The molecule has 0 atom stereocenters. The van der Waals surface area contributed by atoms with Crippen LogP contribution in [0.3, 0.4) is 0 Å². The molecule has 10 nitrogen and oxygen atoms in total. The molecule has 3 heterocycles. The first-order chi connectivity index (χ1) is 46.6. The Labute approximate surface area is 543 Å². The molecular weight excluding hydrogens is 1150 g/mol. The van der Waals surface area contributed by atoms with Gasteiger partial charge in [-0.05, 0) is 155 Å². The molecule has 0 N–H and O–H groups in total. The lowest BCUT2D eigenvalue weighted by Gasteiger charge is -2.26. The van der Waals surface area contributed by atoms with Crippen LogP contribution in [0.2, 0.25) is 0 Å². The van der Waals surface area contributed by atoms with Crippen molar-refractivity contribution in [1.82, 2.24) is 30.4 Å². The molecule has 16 rings (SSSR count). The number of hydrogen-bond acceptors (Lipinski definition) is 10. The van der Waals surface area contributed by atoms with Gasteiger partial charge in [-0.25, -0.2) is 9.97 Å². The number of rotatable bonds is 16. The van der Waals surface area contributed by atoms with Gasteiger partial charge in [0.1, 0.15) is 0 Å². The van der Waals surface area contributed by atoms with E-state index in [2.05, 4.69) is 273 Å². The smallest absolute Gasteiger partial charge is 0.248 e. The van der Waals surface area contributed by atoms with Crippen molar-refractivity contribution in [1.29, 1.82) is 0 Å². The summed E-state index contributed by atoms with van der Waals surface area (Å²) in [5, 5.41) is 17.6. The third-order valence-electron chi connectivity index (χ3n) is 16.9. The van der Waals surface area contributed by atoms with Crippen LogP contribution in [0.1, 0.15) is 0 Å². The van der Waals surface area contributed by atoms with Gasteiger partial charge in [0.25, 0.3) is 0 Å². The van der Waals surface area contributed by atoms with Gasteiger partial charge in [-0.15, -0.1) is 20.4 Å². The molecule has 0 spiro atoms. The van der Waals surface area contributed by atoms with Gasteiger partial charge in [-0.3, -0.25) is 0 Å². The molecule has 0 aliphatic rings. The molecule has 13 aromatic carbocycles. The molecule has 0 aliphatic heterocycles. The molecule has 0 bridgehead atoms. The number of nitrogens with zero attached hydrogens (tertiary/aromatic N) is 8. The van der Waals surface area contributed by atoms with Crippen LogP contribution in [0.25, 0.3) is 124 Å². The van der Waals surface area contributed by atoms with Gasteiger partial charge in [0.15, 0.2) is 0 Å². The highest BCUT2D eigenvalue weighted by Gasteiger charge is 2.24. The molecule has 0 unspecified atom stereocenters. The van der Waals surface area contributed by atoms with Gasteiger partial charge in [0.05, 0.1) is 22.4 Å². The van der Waals surface area contributed by atoms with Crippen molar-refractivity contribution in [3.63, 3.8) is 0 Å². The van der Waals surface area contributed by atoms with E-state index >= 15 is 0 Å². The minimum atomic E-state index is 0.446. The molecule has 0 saturated heterocycles. The predicted octanol–water partition coefficient (Wildman–Crippen LogP) is 22.0. The maximum atomic E-state index is 6.18. The van der Waals surface area contributed by atoms with Crippen LogP contribution in [0.5, 0.6) is 0 Å². The van der Waals surface area contributed by atoms with E-state index in [0.29, 0.717) is 23.6 Å². The SMILES string of the molecule is c1ccc(-c2nnc(-c3ccc(N(c4ccccc4)c4ccc(-c5nc6c(-c7ccccc7-c7ccccc7)ccc(-c7ccccc7-c7ccccc7)c6nc5-c5ccc(N(c6ccccc6)c6ccc(-c7nnc(-c8ccccc8)o7)cc6)cc5)cc4)cc3)o2)cc1. The summed E-state index contributed by atoms with van der Waals surface area (Å²) in [4.78, 5) is 16.4. The standard InChI is InChI=1S/C84H56N8O2/c1-7-23-57(24-8-1)71-35-19-21-37-73(71)75-55-56-76(74-38-22-20-36-72(74)58-25-9-2-10-26-58)80-79(75)85-77(59-39-47-67(48-40-59)91(65-31-15-5-16-32-65)69-51-43-63(44-52-69)83-89-87-81(93-83)61-27-11-3-12-28-61)78(86-80)60-41-49-68(50-42-60)92(66-33-17-6-18-34-66)70-53-45-64(46-54-70)84-90-88-82(94-84)62-29-13-4-14-30-62/h1-56H. The fourth-order valence-electron chi connectivity index (χ4n) is 12.3. The number of aromatic nitrogens is 6. The first-order valence-electron chi connectivity index (χ1n) is 31.2. The third-order valence-corrected chi connectivity index (χ3v) is 16.9. The number of para-hydroxylation sites is 2. The number of fused-ring (bicyclic) bond motifs is 1. The zero-order valence-electron chi connectivity index (χ0n) is 50.7. The maximum absolute atomic E-state index is 6.18. The lowest BCUT2D eigenvalue weighted by Crippen LogP contribution is -2.10. The van der Waals surface area contributed by atoms with Gasteiger partial charge >= 0.3 is 0 Å². The van der Waals surface area contributed by atoms with Crippen molar-refractivity contribution >= 4 is 45.2 Å². The average molecular weight is 1210 g/mol. The minimum Gasteiger partial charge on any atom is -0.416 e. The Morgan fingerprint density at radius 2 is 0.415 bits per heavy atom. The first kappa shape index (κ1) is 56.3. The Bertz CT molecular complexity index is 4930. The molecule has 0 amide bonds. The van der Waals surface area contributed by atoms with E-state index in [1.54, 1.807) is 0 Å². The van der Waals surface area contributed by atoms with Crippen molar-refractivity contribution in [2.24, 2.45) is 0 Å². The number of benzene rings is 13. The second-order valence-electron chi connectivity index (χ2n) is 22.7. The van der Waals surface area contributed by atoms with Gasteiger partial charge < -0.3 is 18.6 Å². The van der Waals surface area contributed by atoms with Gasteiger partial charge in [-0.2, -0.15) is 0 Å². The zero-order valence-corrected chi connectivity index (χ0v) is 50.7. The summed E-state index contributed by atoms with van der Waals surface area (Å²) >= 11 is 0. The Morgan fingerprint density at radius 3 is 0.723 bits per heavy atom. The molecule has 94 heavy (non-hydrogen) atoms. The van der Waals surface area contributed by atoms with E-state index in [-0.39, 0.29) is 0 Å². The maximum Gasteiger partial charge on any atom is 0.248 e. The van der Waals surface area contributed by atoms with Gasteiger partial charge in [-0.1, -0.05) is 218 Å². The molecule has 16 aromatic rings. The average Bonchev–Trinajstić information content (AvgIpc) is 0.864. The summed E-state index contributed by atoms with van der Waals surface area (Å²) in [5.41, 5.74) is 22.4. The van der Waals surface area contributed by atoms with E-state index in [0.717, 1.165) is 134 Å². The van der Waals surface area contributed by atoms with E-state index in [9.17, 15) is 0 Å². The van der Waals surface area contributed by atoms with Crippen molar-refractivity contribution in [2.75, 3.05) is 9.80 Å². The highest BCUT2D eigenvalue weighted by Crippen LogP contribution is 2.46. The van der Waals surface area contributed by atoms with E-state index in [1.165, 1.54) is 0 Å². The third kappa shape index (κ3) is 11.1. The summed E-state index contributed by atoms with van der Waals surface area (Å²) in [6.45, 7) is 0. The summed E-state index contributed by atoms with van der Waals surface area (Å²) < 4.78 is 12.4.